The molecule has 6 nitrogen and oxygen atoms in total. The first kappa shape index (κ1) is 17.2. The molecule has 2 N–H and O–H groups in total. The molecule has 0 saturated carbocycles. The predicted octanol–water partition coefficient (Wildman–Crippen LogP) is 2.80. The number of benzene rings is 2. The molecule has 0 radical (unpaired) electrons. The molecular formula is C18H16BrN3O3. The average Bonchev–Trinajstić information content (AvgIpc) is 2.61. The molecular weight excluding hydrogens is 386 g/mol. The number of guanidine groups is 1. The van der Waals surface area contributed by atoms with Crippen molar-refractivity contribution in [3.63, 3.8) is 0 Å². The lowest BCUT2D eigenvalue weighted by atomic mass is 10.0. The molecule has 25 heavy (non-hydrogen) atoms. The van der Waals surface area contributed by atoms with Gasteiger partial charge in [-0.15, -0.1) is 0 Å². The first-order valence-corrected chi connectivity index (χ1v) is 8.43. The Bertz CT molecular complexity index is 834. The topological polar surface area (TPSA) is 79.8 Å². The molecule has 2 amide bonds. The van der Waals surface area contributed by atoms with Crippen molar-refractivity contribution in [2.75, 3.05) is 7.11 Å². The largest absolute Gasteiger partial charge is 0.497 e. The van der Waals surface area contributed by atoms with E-state index in [1.54, 1.807) is 25.3 Å². The van der Waals surface area contributed by atoms with Crippen LogP contribution in [0.2, 0.25) is 0 Å². The van der Waals surface area contributed by atoms with Crippen molar-refractivity contribution in [3.8, 4) is 5.75 Å². The van der Waals surface area contributed by atoms with Gasteiger partial charge in [-0.3, -0.25) is 20.2 Å². The number of hydrogen-bond donors (Lipinski definition) is 2. The Morgan fingerprint density at radius 1 is 1.28 bits per heavy atom. The van der Waals surface area contributed by atoms with Crippen LogP contribution in [0, 0.1) is 0 Å². The second kappa shape index (κ2) is 7.48. The number of methoxy groups -OCH3 is 1. The summed E-state index contributed by atoms with van der Waals surface area (Å²) < 4.78 is 5.93. The zero-order valence-electron chi connectivity index (χ0n) is 13.5. The van der Waals surface area contributed by atoms with Crippen LogP contribution in [0.1, 0.15) is 28.4 Å². The van der Waals surface area contributed by atoms with Crippen LogP contribution in [0.15, 0.2) is 58.0 Å². The molecule has 1 atom stereocenters. The first-order chi connectivity index (χ1) is 12.0. The summed E-state index contributed by atoms with van der Waals surface area (Å²) in [5.74, 6) is 0.356. The minimum Gasteiger partial charge on any atom is -0.497 e. The molecule has 1 aliphatic heterocycles. The number of carbonyl (C=O) groups excluding carboxylic acids is 2. The van der Waals surface area contributed by atoms with Crippen molar-refractivity contribution in [3.05, 3.63) is 64.1 Å². The SMILES string of the molecule is COc1ccc([C@H]2CC(=O)NC(NC(=O)c3cccc(Br)c3)=N2)cc1. The normalized spacial score (nSPS) is 16.6. The van der Waals surface area contributed by atoms with E-state index >= 15 is 0 Å². The van der Waals surface area contributed by atoms with Crippen LogP contribution < -0.4 is 15.4 Å². The fourth-order valence-corrected chi connectivity index (χ4v) is 2.88. The Morgan fingerprint density at radius 2 is 2.04 bits per heavy atom. The van der Waals surface area contributed by atoms with Gasteiger partial charge in [-0.2, -0.15) is 0 Å². The maximum atomic E-state index is 12.3. The van der Waals surface area contributed by atoms with E-state index < -0.39 is 0 Å². The number of aliphatic imine (C=N–C) groups is 1. The average molecular weight is 402 g/mol. The highest BCUT2D eigenvalue weighted by molar-refractivity contribution is 9.10. The third kappa shape index (κ3) is 4.24. The number of ether oxygens (including phenoxy) is 1. The number of hydrogen-bond acceptors (Lipinski definition) is 4. The molecule has 2 aromatic rings. The second-order valence-electron chi connectivity index (χ2n) is 5.48. The van der Waals surface area contributed by atoms with E-state index in [-0.39, 0.29) is 30.2 Å². The zero-order valence-corrected chi connectivity index (χ0v) is 15.0. The summed E-state index contributed by atoms with van der Waals surface area (Å²) >= 11 is 3.33. The van der Waals surface area contributed by atoms with E-state index in [1.165, 1.54) is 0 Å². The third-order valence-electron chi connectivity index (χ3n) is 3.74. The summed E-state index contributed by atoms with van der Waals surface area (Å²) in [4.78, 5) is 28.7. The quantitative estimate of drug-likeness (QED) is 0.829. The van der Waals surface area contributed by atoms with E-state index in [2.05, 4.69) is 31.6 Å². The number of carbonyl (C=O) groups is 2. The summed E-state index contributed by atoms with van der Waals surface area (Å²) in [7, 11) is 1.59. The van der Waals surface area contributed by atoms with Gasteiger partial charge in [0.25, 0.3) is 5.91 Å². The summed E-state index contributed by atoms with van der Waals surface area (Å²) in [6.45, 7) is 0. The smallest absolute Gasteiger partial charge is 0.257 e. The zero-order chi connectivity index (χ0) is 17.8. The maximum absolute atomic E-state index is 12.3. The highest BCUT2D eigenvalue weighted by atomic mass is 79.9. The summed E-state index contributed by atoms with van der Waals surface area (Å²) in [5, 5.41) is 5.25. The van der Waals surface area contributed by atoms with Crippen molar-refractivity contribution in [2.45, 2.75) is 12.5 Å². The van der Waals surface area contributed by atoms with Crippen molar-refractivity contribution in [1.82, 2.24) is 10.6 Å². The molecule has 0 bridgehead atoms. The second-order valence-corrected chi connectivity index (χ2v) is 6.40. The van der Waals surface area contributed by atoms with Crippen molar-refractivity contribution >= 4 is 33.7 Å². The summed E-state index contributed by atoms with van der Waals surface area (Å²) in [6, 6.07) is 14.0. The lowest BCUT2D eigenvalue weighted by Gasteiger charge is -2.21. The van der Waals surface area contributed by atoms with E-state index in [0.29, 0.717) is 5.56 Å². The molecule has 2 aromatic carbocycles. The van der Waals surface area contributed by atoms with Gasteiger partial charge >= 0.3 is 0 Å². The summed E-state index contributed by atoms with van der Waals surface area (Å²) in [5.41, 5.74) is 1.35. The Morgan fingerprint density at radius 3 is 2.72 bits per heavy atom. The molecule has 0 aliphatic carbocycles. The summed E-state index contributed by atoms with van der Waals surface area (Å²) in [6.07, 6.45) is 0.225. The number of halogens is 1. The van der Waals surface area contributed by atoms with Gasteiger partial charge in [0.1, 0.15) is 5.75 Å². The van der Waals surface area contributed by atoms with E-state index in [9.17, 15) is 9.59 Å². The van der Waals surface area contributed by atoms with Crippen molar-refractivity contribution in [2.24, 2.45) is 4.99 Å². The Hall–Kier alpha value is -2.67. The lowest BCUT2D eigenvalue weighted by molar-refractivity contribution is -0.120. The molecule has 0 unspecified atom stereocenters. The highest BCUT2D eigenvalue weighted by Gasteiger charge is 2.23. The highest BCUT2D eigenvalue weighted by Crippen LogP contribution is 2.25. The van der Waals surface area contributed by atoms with Gasteiger partial charge < -0.3 is 4.74 Å². The van der Waals surface area contributed by atoms with Gasteiger partial charge in [-0.25, -0.2) is 4.99 Å². The third-order valence-corrected chi connectivity index (χ3v) is 4.23. The van der Waals surface area contributed by atoms with Crippen LogP contribution in [-0.4, -0.2) is 24.9 Å². The van der Waals surface area contributed by atoms with Crippen LogP contribution in [0.4, 0.5) is 0 Å². The number of nitrogens with zero attached hydrogens (tertiary/aromatic N) is 1. The van der Waals surface area contributed by atoms with Gasteiger partial charge in [0, 0.05) is 10.0 Å². The van der Waals surface area contributed by atoms with Gasteiger partial charge in [-0.1, -0.05) is 34.1 Å². The molecule has 0 saturated heterocycles. The number of rotatable bonds is 3. The van der Waals surface area contributed by atoms with Crippen LogP contribution >= 0.6 is 15.9 Å². The van der Waals surface area contributed by atoms with Gasteiger partial charge in [-0.05, 0) is 35.9 Å². The van der Waals surface area contributed by atoms with Gasteiger partial charge in [0.15, 0.2) is 0 Å². The Labute approximate surface area is 153 Å². The molecule has 1 aliphatic rings. The van der Waals surface area contributed by atoms with Crippen LogP contribution in [-0.2, 0) is 4.79 Å². The molecule has 0 spiro atoms. The van der Waals surface area contributed by atoms with Crippen LogP contribution in [0.25, 0.3) is 0 Å². The minimum absolute atomic E-state index is 0.155. The molecule has 7 heteroatoms. The monoisotopic (exact) mass is 401 g/mol. The Balaban J connectivity index is 1.78. The van der Waals surface area contributed by atoms with Crippen molar-refractivity contribution in [1.29, 1.82) is 0 Å². The van der Waals surface area contributed by atoms with Crippen LogP contribution in [0.3, 0.4) is 0 Å². The fraction of sp³-hybridized carbons (Fsp3) is 0.167. The standard InChI is InChI=1S/C18H16BrN3O3/c1-25-14-7-5-11(6-8-14)15-10-16(23)21-18(20-15)22-17(24)12-3-2-4-13(19)9-12/h2-9,15H,10H2,1H3,(H2,20,21,22,23,24)/t15-/m1/s1. The fourth-order valence-electron chi connectivity index (χ4n) is 2.48. The molecule has 3 rings (SSSR count). The van der Waals surface area contributed by atoms with Gasteiger partial charge in [0.2, 0.25) is 11.9 Å². The van der Waals surface area contributed by atoms with E-state index in [4.69, 9.17) is 4.74 Å². The maximum Gasteiger partial charge on any atom is 0.257 e. The molecule has 128 valence electrons. The molecule has 0 fully saturated rings. The van der Waals surface area contributed by atoms with E-state index in [1.807, 2.05) is 30.3 Å². The first-order valence-electron chi connectivity index (χ1n) is 7.63. The predicted molar refractivity (Wildman–Crippen MR) is 97.5 cm³/mol. The number of amides is 2. The van der Waals surface area contributed by atoms with Gasteiger partial charge in [0.05, 0.1) is 19.6 Å². The Kier molecular flexibility index (Phi) is 5.14. The molecule has 0 aromatic heterocycles. The molecule has 1 heterocycles. The van der Waals surface area contributed by atoms with Crippen LogP contribution in [0.5, 0.6) is 5.75 Å². The minimum atomic E-state index is -0.350. The van der Waals surface area contributed by atoms with Crippen molar-refractivity contribution < 1.29 is 14.3 Å². The lowest BCUT2D eigenvalue weighted by Crippen LogP contribution is -2.47. The van der Waals surface area contributed by atoms with E-state index in [0.717, 1.165) is 15.8 Å². The number of nitrogens with one attached hydrogen (secondary N) is 2.